The maximum atomic E-state index is 12.3. The number of carbonyl (C=O) groups is 1. The fourth-order valence-corrected chi connectivity index (χ4v) is 3.80. The molecule has 1 N–H and O–H groups in total. The Morgan fingerprint density at radius 2 is 1.95 bits per heavy atom. The molecule has 0 atom stereocenters. The van der Waals surface area contributed by atoms with Crippen molar-refractivity contribution in [3.8, 4) is 6.01 Å². The van der Waals surface area contributed by atoms with Crippen molar-refractivity contribution in [1.29, 1.82) is 0 Å². The third kappa shape index (κ3) is 3.28. The summed E-state index contributed by atoms with van der Waals surface area (Å²) in [5, 5.41) is 1.49. The zero-order valence-corrected chi connectivity index (χ0v) is 12.7. The number of rotatable bonds is 5. The number of nitrogens with one attached hydrogen (secondary N) is 1. The van der Waals surface area contributed by atoms with Crippen molar-refractivity contribution < 1.29 is 22.7 Å². The van der Waals surface area contributed by atoms with Crippen molar-refractivity contribution in [2.45, 2.75) is 4.90 Å². The average Bonchev–Trinajstić information content (AvgIpc) is 2.97. The first-order chi connectivity index (χ1) is 9.97. The van der Waals surface area contributed by atoms with Gasteiger partial charge in [-0.3, -0.25) is 4.72 Å². The van der Waals surface area contributed by atoms with Crippen LogP contribution in [0.5, 0.6) is 6.01 Å². The van der Waals surface area contributed by atoms with Gasteiger partial charge in [0.25, 0.3) is 10.0 Å². The predicted octanol–water partition coefficient (Wildman–Crippen LogP) is 1.13. The van der Waals surface area contributed by atoms with Crippen molar-refractivity contribution in [3.63, 3.8) is 0 Å². The topological polar surface area (TPSA) is 107 Å². The molecule has 0 bridgehead atoms. The summed E-state index contributed by atoms with van der Waals surface area (Å²) >= 11 is 0.981. The van der Waals surface area contributed by atoms with Crippen molar-refractivity contribution >= 4 is 33.0 Å². The lowest BCUT2D eigenvalue weighted by Crippen LogP contribution is -2.16. The van der Waals surface area contributed by atoms with Gasteiger partial charge in [-0.25, -0.2) is 23.2 Å². The lowest BCUT2D eigenvalue weighted by Gasteiger charge is -2.07. The number of anilines is 1. The van der Waals surface area contributed by atoms with Gasteiger partial charge >= 0.3 is 12.0 Å². The van der Waals surface area contributed by atoms with E-state index in [2.05, 4.69) is 19.4 Å². The zero-order valence-electron chi connectivity index (χ0n) is 11.1. The number of ether oxygens (including phenoxy) is 2. The second-order valence-corrected chi connectivity index (χ2v) is 6.24. The van der Waals surface area contributed by atoms with Gasteiger partial charge in [-0.15, -0.1) is 11.3 Å². The Balaban J connectivity index is 2.30. The molecule has 0 aliphatic rings. The third-order valence-corrected chi connectivity index (χ3v) is 4.80. The molecule has 0 unspecified atom stereocenters. The number of thiophene rings is 1. The SMILES string of the molecule is COC(=O)c1sccc1S(=O)(=O)Nc1cnc(OC)nc1. The van der Waals surface area contributed by atoms with E-state index < -0.39 is 16.0 Å². The van der Waals surface area contributed by atoms with Crippen LogP contribution in [0.2, 0.25) is 0 Å². The van der Waals surface area contributed by atoms with E-state index in [0.29, 0.717) is 0 Å². The quantitative estimate of drug-likeness (QED) is 0.819. The third-order valence-electron chi connectivity index (χ3n) is 2.35. The summed E-state index contributed by atoms with van der Waals surface area (Å²) in [5.74, 6) is -0.712. The molecule has 0 aliphatic heterocycles. The first kappa shape index (κ1) is 15.2. The Hall–Kier alpha value is -2.20. The Bertz CT molecular complexity index is 739. The van der Waals surface area contributed by atoms with Crippen LogP contribution >= 0.6 is 11.3 Å². The van der Waals surface area contributed by atoms with E-state index in [1.807, 2.05) is 0 Å². The number of methoxy groups -OCH3 is 2. The molecule has 10 heteroatoms. The van der Waals surface area contributed by atoms with E-state index in [1.165, 1.54) is 38.1 Å². The number of hydrogen-bond donors (Lipinski definition) is 1. The van der Waals surface area contributed by atoms with Gasteiger partial charge in [0.15, 0.2) is 0 Å². The molecule has 21 heavy (non-hydrogen) atoms. The number of sulfonamides is 1. The number of carbonyl (C=O) groups excluding carboxylic acids is 1. The maximum absolute atomic E-state index is 12.3. The molecular weight excluding hydrogens is 318 g/mol. The van der Waals surface area contributed by atoms with Crippen LogP contribution in [-0.4, -0.2) is 38.6 Å². The Morgan fingerprint density at radius 1 is 1.29 bits per heavy atom. The number of nitrogens with zero attached hydrogens (tertiary/aromatic N) is 2. The van der Waals surface area contributed by atoms with E-state index in [4.69, 9.17) is 4.74 Å². The molecule has 112 valence electrons. The highest BCUT2D eigenvalue weighted by Gasteiger charge is 2.24. The van der Waals surface area contributed by atoms with Crippen LogP contribution in [0.3, 0.4) is 0 Å². The summed E-state index contributed by atoms with van der Waals surface area (Å²) in [6.07, 6.45) is 2.52. The molecule has 0 amide bonds. The molecule has 2 aromatic rings. The summed E-state index contributed by atoms with van der Waals surface area (Å²) in [7, 11) is -1.36. The van der Waals surface area contributed by atoms with Crippen LogP contribution in [-0.2, 0) is 14.8 Å². The summed E-state index contributed by atoms with van der Waals surface area (Å²) in [5.41, 5.74) is 0.151. The summed E-state index contributed by atoms with van der Waals surface area (Å²) in [6.45, 7) is 0. The van der Waals surface area contributed by atoms with Gasteiger partial charge in [-0.05, 0) is 11.4 Å². The van der Waals surface area contributed by atoms with Gasteiger partial charge in [0.1, 0.15) is 9.77 Å². The highest BCUT2D eigenvalue weighted by molar-refractivity contribution is 7.93. The molecule has 0 aliphatic carbocycles. The standard InChI is InChI=1S/C11H11N3O5S2/c1-18-10(15)9-8(3-4-20-9)21(16,17)14-7-5-12-11(19-2)13-6-7/h3-6,14H,1-2H3. The molecule has 0 radical (unpaired) electrons. The van der Waals surface area contributed by atoms with Crippen molar-refractivity contribution in [3.05, 3.63) is 28.7 Å². The molecule has 0 saturated heterocycles. The summed E-state index contributed by atoms with van der Waals surface area (Å²) in [6, 6.07) is 1.44. The van der Waals surface area contributed by atoms with Gasteiger partial charge in [-0.2, -0.15) is 0 Å². The first-order valence-corrected chi connectivity index (χ1v) is 7.89. The van der Waals surface area contributed by atoms with Gasteiger partial charge in [0.05, 0.1) is 32.3 Å². The second-order valence-electron chi connectivity index (χ2n) is 3.67. The van der Waals surface area contributed by atoms with E-state index in [-0.39, 0.29) is 21.5 Å². The van der Waals surface area contributed by atoms with E-state index >= 15 is 0 Å². The molecule has 2 aromatic heterocycles. The van der Waals surface area contributed by atoms with Crippen molar-refractivity contribution in [2.24, 2.45) is 0 Å². The minimum Gasteiger partial charge on any atom is -0.467 e. The normalized spacial score (nSPS) is 11.0. The first-order valence-electron chi connectivity index (χ1n) is 5.52. The van der Waals surface area contributed by atoms with Crippen molar-refractivity contribution in [2.75, 3.05) is 18.9 Å². The fraction of sp³-hybridized carbons (Fsp3) is 0.182. The highest BCUT2D eigenvalue weighted by atomic mass is 32.2. The molecule has 0 fully saturated rings. The van der Waals surface area contributed by atoms with Crippen LogP contribution < -0.4 is 9.46 Å². The molecule has 0 aromatic carbocycles. The van der Waals surface area contributed by atoms with Gasteiger partial charge in [0, 0.05) is 0 Å². The Morgan fingerprint density at radius 3 is 2.52 bits per heavy atom. The van der Waals surface area contributed by atoms with Crippen LogP contribution in [0.1, 0.15) is 9.67 Å². The summed E-state index contributed by atoms with van der Waals surface area (Å²) in [4.78, 5) is 18.9. The van der Waals surface area contributed by atoms with Gasteiger partial charge in [0.2, 0.25) is 0 Å². The lowest BCUT2D eigenvalue weighted by atomic mass is 10.5. The predicted molar refractivity (Wildman–Crippen MR) is 75.1 cm³/mol. The minimum atomic E-state index is -3.94. The van der Waals surface area contributed by atoms with Crippen LogP contribution in [0, 0.1) is 0 Å². The monoisotopic (exact) mass is 329 g/mol. The zero-order chi connectivity index (χ0) is 15.5. The largest absolute Gasteiger partial charge is 0.467 e. The fourth-order valence-electron chi connectivity index (χ4n) is 1.44. The Kier molecular flexibility index (Phi) is 4.38. The van der Waals surface area contributed by atoms with Crippen LogP contribution in [0.4, 0.5) is 5.69 Å². The number of esters is 1. The molecular formula is C11H11N3O5S2. The van der Waals surface area contributed by atoms with Crippen LogP contribution in [0.15, 0.2) is 28.7 Å². The van der Waals surface area contributed by atoms with E-state index in [0.717, 1.165) is 11.3 Å². The smallest absolute Gasteiger partial charge is 0.349 e. The van der Waals surface area contributed by atoms with E-state index in [1.54, 1.807) is 0 Å². The molecule has 0 saturated carbocycles. The Labute approximate surface area is 124 Å². The number of hydrogen-bond acceptors (Lipinski definition) is 8. The highest BCUT2D eigenvalue weighted by Crippen LogP contribution is 2.24. The maximum Gasteiger partial charge on any atom is 0.349 e. The summed E-state index contributed by atoms with van der Waals surface area (Å²) < 4.78 is 36.1. The minimum absolute atomic E-state index is 0.000528. The lowest BCUT2D eigenvalue weighted by molar-refractivity contribution is 0.0602. The average molecular weight is 329 g/mol. The number of aromatic nitrogens is 2. The molecule has 2 heterocycles. The molecule has 0 spiro atoms. The second kappa shape index (κ2) is 6.06. The van der Waals surface area contributed by atoms with Gasteiger partial charge < -0.3 is 9.47 Å². The van der Waals surface area contributed by atoms with Crippen molar-refractivity contribution in [1.82, 2.24) is 9.97 Å². The van der Waals surface area contributed by atoms with Gasteiger partial charge in [-0.1, -0.05) is 0 Å². The molecule has 2 rings (SSSR count). The molecule has 8 nitrogen and oxygen atoms in total. The van der Waals surface area contributed by atoms with E-state index in [9.17, 15) is 13.2 Å². The van der Waals surface area contributed by atoms with Crippen LogP contribution in [0.25, 0.3) is 0 Å².